The van der Waals surface area contributed by atoms with E-state index in [9.17, 15) is 18.3 Å². The Labute approximate surface area is 240 Å². The molecule has 3 aromatic rings. The Balaban J connectivity index is 1.56. The Morgan fingerprint density at radius 1 is 0.780 bits per heavy atom. The van der Waals surface area contributed by atoms with Crippen molar-refractivity contribution in [3.8, 4) is 0 Å². The minimum Gasteiger partial charge on any atom is -0.465 e. The molecule has 0 aliphatic heterocycles. The van der Waals surface area contributed by atoms with Crippen LogP contribution in [0.4, 0.5) is 13.6 Å². The van der Waals surface area contributed by atoms with E-state index in [0.717, 1.165) is 19.3 Å². The second-order valence-electron chi connectivity index (χ2n) is 11.8. The molecule has 4 bridgehead atoms. The van der Waals surface area contributed by atoms with Crippen molar-refractivity contribution in [3.05, 3.63) is 91.0 Å². The number of amides is 1. The zero-order valence-corrected chi connectivity index (χ0v) is 24.0. The zero-order valence-electron chi connectivity index (χ0n) is 22.4. The van der Waals surface area contributed by atoms with Crippen molar-refractivity contribution < 1.29 is 30.7 Å². The van der Waals surface area contributed by atoms with E-state index in [4.69, 9.17) is 0 Å². The van der Waals surface area contributed by atoms with Gasteiger partial charge in [0.25, 0.3) is 0 Å². The molecule has 0 saturated heterocycles. The summed E-state index contributed by atoms with van der Waals surface area (Å²) in [4.78, 5) is 13.4. The van der Waals surface area contributed by atoms with E-state index < -0.39 is 43.2 Å². The maximum absolute atomic E-state index is 16.2. The summed E-state index contributed by atoms with van der Waals surface area (Å²) in [7, 11) is -7.97. The molecular formula is C31H34F2NO5S2+. The quantitative estimate of drug-likeness (QED) is 0.149. The average molecular weight is 603 g/mol. The first-order valence-electron chi connectivity index (χ1n) is 13.9. The van der Waals surface area contributed by atoms with Crippen LogP contribution in [0.1, 0.15) is 38.5 Å². The van der Waals surface area contributed by atoms with Gasteiger partial charge in [0.05, 0.1) is 25.0 Å². The van der Waals surface area contributed by atoms with Crippen LogP contribution in [-0.2, 0) is 10.1 Å². The topological polar surface area (TPSA) is 96.3 Å². The van der Waals surface area contributed by atoms with E-state index >= 15 is 8.78 Å². The van der Waals surface area contributed by atoms with Gasteiger partial charge >= 0.3 is 22.3 Å². The summed E-state index contributed by atoms with van der Waals surface area (Å²) in [6.07, 6.45) is 1.77. The molecule has 3 aromatic carbocycles. The van der Waals surface area contributed by atoms with Crippen LogP contribution in [0.3, 0.4) is 0 Å². The van der Waals surface area contributed by atoms with Crippen molar-refractivity contribution in [3.63, 3.8) is 0 Å². The molecule has 3 N–H and O–H groups in total. The van der Waals surface area contributed by atoms with Crippen LogP contribution >= 0.6 is 10.3 Å². The molecule has 1 atom stereocenters. The van der Waals surface area contributed by atoms with Gasteiger partial charge in [0.1, 0.15) is 0 Å². The Hall–Kier alpha value is -2.95. The molecule has 1 amide bonds. The molecule has 1 unspecified atom stereocenters. The highest BCUT2D eigenvalue weighted by Gasteiger charge is 2.69. The number of hydrogen-bond acceptors (Lipinski definition) is 3. The second-order valence-corrected chi connectivity index (χ2v) is 16.5. The molecule has 218 valence electrons. The SMILES string of the molecule is O=C(O)NC(F)(F)C(C12CC3CC(CC(C3)C1)C2)S(=O)(=O)[OH+]S(c1ccccc1)(c1ccccc1)c1ccccc1. The number of benzene rings is 3. The molecule has 4 aliphatic carbocycles. The van der Waals surface area contributed by atoms with E-state index in [1.807, 2.05) is 0 Å². The maximum Gasteiger partial charge on any atom is 0.409 e. The van der Waals surface area contributed by atoms with Crippen LogP contribution in [-0.4, -0.2) is 34.5 Å². The summed E-state index contributed by atoms with van der Waals surface area (Å²) in [5.41, 5.74) is -1.27. The summed E-state index contributed by atoms with van der Waals surface area (Å²) in [6, 6.07) is 22.5. The van der Waals surface area contributed by atoms with Gasteiger partial charge in [-0.3, -0.25) is 8.95 Å². The first-order chi connectivity index (χ1) is 19.5. The standard InChI is InChI=1S/C31H33F2NO5S2/c32-31(33,34-29(35)36)28(30-19-22-16-23(20-30)18-24(17-22)21-30)41(37,38)39-40(25-10-4-1-5-11-25,26-12-6-2-7-13-26)27-14-8-3-9-15-27/h1-15,22-24,28,34H,16-21H2,(H,35,36)/p+1. The van der Waals surface area contributed by atoms with Crippen molar-refractivity contribution in [1.29, 1.82) is 0 Å². The van der Waals surface area contributed by atoms with Crippen molar-refractivity contribution in [2.75, 3.05) is 0 Å². The van der Waals surface area contributed by atoms with Crippen LogP contribution in [0.5, 0.6) is 0 Å². The maximum atomic E-state index is 16.2. The Bertz CT molecular complexity index is 1370. The lowest BCUT2D eigenvalue weighted by Gasteiger charge is -2.58. The largest absolute Gasteiger partial charge is 0.465 e. The molecule has 4 fully saturated rings. The zero-order chi connectivity index (χ0) is 28.9. The normalized spacial score (nSPS) is 26.8. The van der Waals surface area contributed by atoms with E-state index in [-0.39, 0.29) is 17.8 Å². The number of hydrogen-bond donors (Lipinski definition) is 2. The molecule has 7 rings (SSSR count). The first-order valence-corrected chi connectivity index (χ1v) is 17.0. The van der Waals surface area contributed by atoms with Crippen molar-refractivity contribution in [2.24, 2.45) is 23.2 Å². The van der Waals surface area contributed by atoms with Gasteiger partial charge in [-0.25, -0.2) is 4.79 Å². The molecule has 0 spiro atoms. The second kappa shape index (κ2) is 10.4. The minimum atomic E-state index is -5.00. The van der Waals surface area contributed by atoms with Gasteiger partial charge in [-0.05, 0) is 92.7 Å². The third-order valence-corrected chi connectivity index (χ3v) is 15.0. The lowest BCUT2D eigenvalue weighted by molar-refractivity contribution is -0.126. The highest BCUT2D eigenvalue weighted by atomic mass is 32.3. The fourth-order valence-electron chi connectivity index (χ4n) is 8.18. The number of carboxylic acid groups (broad SMARTS) is 1. The number of nitrogens with one attached hydrogen (secondary N) is 1. The van der Waals surface area contributed by atoms with Gasteiger partial charge in [0.15, 0.2) is 0 Å². The summed E-state index contributed by atoms with van der Waals surface area (Å²) < 4.78 is 66.5. The number of alkyl halides is 2. The summed E-state index contributed by atoms with van der Waals surface area (Å²) >= 11 is 0. The van der Waals surface area contributed by atoms with Crippen LogP contribution in [0, 0.1) is 23.2 Å². The van der Waals surface area contributed by atoms with E-state index in [0.29, 0.717) is 33.9 Å². The van der Waals surface area contributed by atoms with Gasteiger partial charge in [0, 0.05) is 5.41 Å². The Morgan fingerprint density at radius 3 is 1.49 bits per heavy atom. The molecule has 4 aliphatic rings. The molecule has 10 heteroatoms. The summed E-state index contributed by atoms with van der Waals surface area (Å²) in [5.74, 6) is 0.483. The lowest BCUT2D eigenvalue weighted by atomic mass is 9.48. The third kappa shape index (κ3) is 5.04. The number of rotatable bonds is 9. The molecule has 4 saturated carbocycles. The third-order valence-electron chi connectivity index (χ3n) is 9.01. The molecule has 6 nitrogen and oxygen atoms in total. The smallest absolute Gasteiger partial charge is 0.409 e. The van der Waals surface area contributed by atoms with E-state index in [1.165, 1.54) is 5.32 Å². The average Bonchev–Trinajstić information content (AvgIpc) is 2.91. The van der Waals surface area contributed by atoms with Crippen molar-refractivity contribution in [2.45, 2.75) is 64.5 Å². The Morgan fingerprint density at radius 2 is 1.15 bits per heavy atom. The number of carbonyl (C=O) groups is 1. The van der Waals surface area contributed by atoms with Gasteiger partial charge in [-0.2, -0.15) is 17.2 Å². The predicted molar refractivity (Wildman–Crippen MR) is 154 cm³/mol. The lowest BCUT2D eigenvalue weighted by Crippen LogP contribution is -2.64. The van der Waals surface area contributed by atoms with Gasteiger partial charge in [-0.1, -0.05) is 54.6 Å². The van der Waals surface area contributed by atoms with Gasteiger partial charge in [-0.15, -0.1) is 0 Å². The monoisotopic (exact) mass is 602 g/mol. The Kier molecular flexibility index (Phi) is 7.15. The first kappa shape index (κ1) is 28.2. The van der Waals surface area contributed by atoms with E-state index in [2.05, 4.69) is 3.63 Å². The van der Waals surface area contributed by atoms with Crippen LogP contribution in [0.2, 0.25) is 0 Å². The molecular weight excluding hydrogens is 568 g/mol. The molecule has 0 heterocycles. The summed E-state index contributed by atoms with van der Waals surface area (Å²) in [5, 5.41) is 8.39. The fourth-order valence-corrected chi connectivity index (χ4v) is 14.6. The molecule has 41 heavy (non-hydrogen) atoms. The molecule has 0 radical (unpaired) electrons. The summed E-state index contributed by atoms with van der Waals surface area (Å²) in [6.45, 7) is 0. The highest BCUT2D eigenvalue weighted by Crippen LogP contribution is 2.70. The fraction of sp³-hybridized carbons (Fsp3) is 0.387. The van der Waals surface area contributed by atoms with Crippen LogP contribution in [0.15, 0.2) is 106 Å². The van der Waals surface area contributed by atoms with Crippen molar-refractivity contribution in [1.82, 2.24) is 5.32 Å². The van der Waals surface area contributed by atoms with Crippen LogP contribution < -0.4 is 5.32 Å². The van der Waals surface area contributed by atoms with Gasteiger partial charge in [0.2, 0.25) is 5.25 Å². The number of halogens is 2. The molecule has 0 aromatic heterocycles. The van der Waals surface area contributed by atoms with Crippen LogP contribution in [0.25, 0.3) is 0 Å². The van der Waals surface area contributed by atoms with E-state index in [1.54, 1.807) is 91.0 Å². The predicted octanol–water partition coefficient (Wildman–Crippen LogP) is 7.75. The highest BCUT2D eigenvalue weighted by molar-refractivity contribution is 8.32. The minimum absolute atomic E-state index is 0.161. The van der Waals surface area contributed by atoms with Gasteiger partial charge < -0.3 is 5.11 Å². The van der Waals surface area contributed by atoms with Crippen molar-refractivity contribution >= 4 is 26.5 Å².